The summed E-state index contributed by atoms with van der Waals surface area (Å²) >= 11 is 0. The summed E-state index contributed by atoms with van der Waals surface area (Å²) in [5, 5.41) is 6.67. The predicted molar refractivity (Wildman–Crippen MR) is 154 cm³/mol. The standard InChI is InChI=1S/C20H30N2.C9H13N.C2H6/c1-4-21-16-10-15-20(19-14-9-8-11-17(19)2)22(3)18-12-6-5-7-13-18;1-3-10-9-6-4-8(2)5-7-9;1-2/h5-7,12-13,21H,2,4,8-11,14-16H2,1,3H3;4-7,10H,3H2,1-2H3;1-2H3/b20-19-;;. The number of benzene rings is 2. The molecule has 3 heteroatoms. The molecule has 0 bridgehead atoms. The molecule has 0 amide bonds. The van der Waals surface area contributed by atoms with Gasteiger partial charge in [-0.05, 0) is 95.3 Å². The van der Waals surface area contributed by atoms with E-state index in [1.165, 1.54) is 59.5 Å². The summed E-state index contributed by atoms with van der Waals surface area (Å²) in [7, 11) is 2.20. The molecule has 1 fully saturated rings. The van der Waals surface area contributed by atoms with Gasteiger partial charge in [0.2, 0.25) is 0 Å². The van der Waals surface area contributed by atoms with Crippen LogP contribution < -0.4 is 15.5 Å². The molecule has 0 radical (unpaired) electrons. The van der Waals surface area contributed by atoms with Gasteiger partial charge in [0.25, 0.3) is 0 Å². The highest BCUT2D eigenvalue weighted by molar-refractivity contribution is 5.54. The van der Waals surface area contributed by atoms with Crippen molar-refractivity contribution in [1.29, 1.82) is 0 Å². The molecule has 0 saturated heterocycles. The lowest BCUT2D eigenvalue weighted by atomic mass is 9.88. The Balaban J connectivity index is 0.000000402. The minimum absolute atomic E-state index is 0.989. The number of allylic oxidation sites excluding steroid dienone is 3. The number of nitrogens with zero attached hydrogens (tertiary/aromatic N) is 1. The lowest BCUT2D eigenvalue weighted by molar-refractivity contribution is 0.640. The molecule has 3 nitrogen and oxygen atoms in total. The van der Waals surface area contributed by atoms with E-state index in [9.17, 15) is 0 Å². The van der Waals surface area contributed by atoms with E-state index in [0.29, 0.717) is 0 Å². The van der Waals surface area contributed by atoms with Gasteiger partial charge in [0.1, 0.15) is 0 Å². The second-order valence-corrected chi connectivity index (χ2v) is 8.48. The smallest absolute Gasteiger partial charge is 0.0405 e. The Morgan fingerprint density at radius 3 is 2.15 bits per heavy atom. The fraction of sp³-hybridized carbons (Fsp3) is 0.484. The minimum atomic E-state index is 0.989. The molecule has 1 aliphatic carbocycles. The van der Waals surface area contributed by atoms with Gasteiger partial charge in [-0.1, -0.05) is 68.8 Å². The van der Waals surface area contributed by atoms with Crippen LogP contribution in [0.5, 0.6) is 0 Å². The first kappa shape index (κ1) is 29.5. The van der Waals surface area contributed by atoms with Crippen LogP contribution in [0.3, 0.4) is 0 Å². The summed E-state index contributed by atoms with van der Waals surface area (Å²) in [5.74, 6) is 0. The second kappa shape index (κ2) is 17.9. The molecule has 2 aromatic rings. The molecular formula is C31H49N3. The molecule has 0 aliphatic heterocycles. The van der Waals surface area contributed by atoms with Crippen LogP contribution in [0.1, 0.15) is 71.8 Å². The van der Waals surface area contributed by atoms with E-state index in [-0.39, 0.29) is 0 Å². The number of rotatable bonds is 9. The zero-order valence-corrected chi connectivity index (χ0v) is 22.7. The van der Waals surface area contributed by atoms with E-state index >= 15 is 0 Å². The molecule has 2 N–H and O–H groups in total. The highest BCUT2D eigenvalue weighted by Crippen LogP contribution is 2.34. The van der Waals surface area contributed by atoms with Crippen molar-refractivity contribution in [3.05, 3.63) is 83.6 Å². The maximum atomic E-state index is 4.34. The minimum Gasteiger partial charge on any atom is -0.385 e. The zero-order chi connectivity index (χ0) is 25.2. The van der Waals surface area contributed by atoms with Crippen LogP contribution in [0.25, 0.3) is 0 Å². The molecule has 0 spiro atoms. The molecule has 1 saturated carbocycles. The Kier molecular flexibility index (Phi) is 15.5. The third-order valence-electron chi connectivity index (χ3n) is 5.93. The number of anilines is 2. The third kappa shape index (κ3) is 10.6. The summed E-state index contributed by atoms with van der Waals surface area (Å²) in [6.07, 6.45) is 7.24. The Hall–Kier alpha value is -2.52. The first-order valence-corrected chi connectivity index (χ1v) is 13.3. The van der Waals surface area contributed by atoms with E-state index in [2.05, 4.69) is 105 Å². The van der Waals surface area contributed by atoms with Crippen molar-refractivity contribution in [3.8, 4) is 0 Å². The third-order valence-corrected chi connectivity index (χ3v) is 5.93. The molecule has 188 valence electrons. The van der Waals surface area contributed by atoms with Crippen molar-refractivity contribution in [3.63, 3.8) is 0 Å². The van der Waals surface area contributed by atoms with Crippen LogP contribution in [0.15, 0.2) is 78.0 Å². The number of hydrogen-bond donors (Lipinski definition) is 2. The monoisotopic (exact) mass is 463 g/mol. The van der Waals surface area contributed by atoms with E-state index in [4.69, 9.17) is 0 Å². The van der Waals surface area contributed by atoms with Crippen molar-refractivity contribution in [1.82, 2.24) is 5.32 Å². The fourth-order valence-electron chi connectivity index (χ4n) is 4.08. The summed E-state index contributed by atoms with van der Waals surface area (Å²) in [4.78, 5) is 2.37. The van der Waals surface area contributed by atoms with Crippen LogP contribution in [-0.4, -0.2) is 26.7 Å². The summed E-state index contributed by atoms with van der Waals surface area (Å²) in [5.41, 5.74) is 8.11. The van der Waals surface area contributed by atoms with E-state index in [1.807, 2.05) is 13.8 Å². The van der Waals surface area contributed by atoms with Gasteiger partial charge in [0, 0.05) is 30.7 Å². The van der Waals surface area contributed by atoms with Gasteiger partial charge >= 0.3 is 0 Å². The highest BCUT2D eigenvalue weighted by atomic mass is 15.1. The average Bonchev–Trinajstić information content (AvgIpc) is 2.88. The first-order valence-electron chi connectivity index (χ1n) is 13.3. The van der Waals surface area contributed by atoms with Crippen molar-refractivity contribution < 1.29 is 0 Å². The molecular weight excluding hydrogens is 414 g/mol. The van der Waals surface area contributed by atoms with Crippen LogP contribution >= 0.6 is 0 Å². The molecule has 2 aromatic carbocycles. The molecule has 1 aliphatic rings. The number of para-hydroxylation sites is 1. The van der Waals surface area contributed by atoms with Gasteiger partial charge in [-0.2, -0.15) is 0 Å². The normalized spacial score (nSPS) is 14.2. The Morgan fingerprint density at radius 1 is 0.912 bits per heavy atom. The predicted octanol–water partition coefficient (Wildman–Crippen LogP) is 8.35. The summed E-state index contributed by atoms with van der Waals surface area (Å²) < 4.78 is 0. The second-order valence-electron chi connectivity index (χ2n) is 8.48. The maximum Gasteiger partial charge on any atom is 0.0405 e. The topological polar surface area (TPSA) is 27.3 Å². The van der Waals surface area contributed by atoms with E-state index in [0.717, 1.165) is 32.5 Å². The Bertz CT molecular complexity index is 822. The van der Waals surface area contributed by atoms with Gasteiger partial charge < -0.3 is 15.5 Å². The van der Waals surface area contributed by atoms with Gasteiger partial charge in [-0.15, -0.1) is 0 Å². The van der Waals surface area contributed by atoms with Crippen molar-refractivity contribution in [2.75, 3.05) is 36.9 Å². The summed E-state index contributed by atoms with van der Waals surface area (Å²) in [6, 6.07) is 19.1. The number of aryl methyl sites for hydroxylation is 1. The maximum absolute atomic E-state index is 4.34. The molecule has 0 heterocycles. The van der Waals surface area contributed by atoms with Crippen molar-refractivity contribution in [2.45, 2.75) is 73.1 Å². The molecule has 3 rings (SSSR count). The van der Waals surface area contributed by atoms with Gasteiger partial charge in [0.05, 0.1) is 0 Å². The fourth-order valence-corrected chi connectivity index (χ4v) is 4.08. The average molecular weight is 464 g/mol. The number of nitrogens with one attached hydrogen (secondary N) is 2. The molecule has 0 aromatic heterocycles. The van der Waals surface area contributed by atoms with Crippen LogP contribution in [0.2, 0.25) is 0 Å². The first-order chi connectivity index (χ1) is 16.6. The molecule has 0 unspecified atom stereocenters. The quantitative estimate of drug-likeness (QED) is 0.366. The SMILES string of the molecule is C=C1CCCC/C1=C(\CCCNCC)N(C)c1ccccc1.CC.CCNc1ccc(C)cc1. The highest BCUT2D eigenvalue weighted by Gasteiger charge is 2.18. The van der Waals surface area contributed by atoms with Gasteiger partial charge in [0.15, 0.2) is 0 Å². The number of hydrogen-bond acceptors (Lipinski definition) is 3. The molecule has 0 atom stereocenters. The Morgan fingerprint density at radius 2 is 1.56 bits per heavy atom. The largest absolute Gasteiger partial charge is 0.385 e. The van der Waals surface area contributed by atoms with E-state index < -0.39 is 0 Å². The Labute approximate surface area is 210 Å². The van der Waals surface area contributed by atoms with Gasteiger partial charge in [-0.3, -0.25) is 0 Å². The lowest BCUT2D eigenvalue weighted by Gasteiger charge is -2.29. The van der Waals surface area contributed by atoms with Crippen LogP contribution in [-0.2, 0) is 0 Å². The lowest BCUT2D eigenvalue weighted by Crippen LogP contribution is -2.22. The van der Waals surface area contributed by atoms with Crippen molar-refractivity contribution >= 4 is 11.4 Å². The van der Waals surface area contributed by atoms with Crippen molar-refractivity contribution in [2.24, 2.45) is 0 Å². The zero-order valence-electron chi connectivity index (χ0n) is 22.7. The molecule has 34 heavy (non-hydrogen) atoms. The van der Waals surface area contributed by atoms with Crippen LogP contribution in [0.4, 0.5) is 11.4 Å². The summed E-state index contributed by atoms with van der Waals surface area (Å²) in [6.45, 7) is 17.8. The van der Waals surface area contributed by atoms with Gasteiger partial charge in [-0.25, -0.2) is 0 Å². The van der Waals surface area contributed by atoms with Crippen LogP contribution in [0, 0.1) is 6.92 Å². The van der Waals surface area contributed by atoms with E-state index in [1.54, 1.807) is 0 Å².